The molecule has 0 aromatic heterocycles. The Balaban J connectivity index is 3.58. The summed E-state index contributed by atoms with van der Waals surface area (Å²) in [5, 5.41) is 1.48. The monoisotopic (exact) mass is 258 g/mol. The summed E-state index contributed by atoms with van der Waals surface area (Å²) in [7, 11) is -1.61. The van der Waals surface area contributed by atoms with Gasteiger partial charge in [-0.2, -0.15) is 0 Å². The molecule has 0 N–H and O–H groups in total. The van der Waals surface area contributed by atoms with E-state index in [0.717, 1.165) is 5.56 Å². The topological polar surface area (TPSA) is 0 Å². The molecule has 0 atom stereocenters. The first-order valence-electron chi connectivity index (χ1n) is 6.95. The first kappa shape index (κ1) is 15.1. The molecule has 0 aliphatic carbocycles. The Morgan fingerprint density at radius 1 is 0.889 bits per heavy atom. The Morgan fingerprint density at radius 3 is 1.72 bits per heavy atom. The van der Waals surface area contributed by atoms with Crippen LogP contribution in [-0.2, 0) is 0 Å². The second-order valence-electron chi connectivity index (χ2n) is 6.09. The Labute approximate surface area is 114 Å². The molecule has 98 valence electrons. The van der Waals surface area contributed by atoms with Gasteiger partial charge in [-0.3, -0.25) is 0 Å². The molecule has 0 saturated carbocycles. The van der Waals surface area contributed by atoms with Crippen molar-refractivity contribution < 1.29 is 0 Å². The van der Waals surface area contributed by atoms with Crippen molar-refractivity contribution in [3.05, 3.63) is 29.8 Å². The van der Waals surface area contributed by atoms with E-state index in [1.54, 1.807) is 0 Å². The zero-order chi connectivity index (χ0) is 13.9. The Morgan fingerprint density at radius 2 is 1.33 bits per heavy atom. The molecule has 0 radical (unpaired) electrons. The summed E-state index contributed by atoms with van der Waals surface area (Å²) in [5.41, 5.74) is 3.21. The van der Waals surface area contributed by atoms with Gasteiger partial charge in [0.15, 0.2) is 0 Å². The van der Waals surface area contributed by atoms with Crippen LogP contribution in [0.25, 0.3) is 0 Å². The molecular formula is C17H26Si. The van der Waals surface area contributed by atoms with Crippen molar-refractivity contribution in [2.75, 3.05) is 0 Å². The van der Waals surface area contributed by atoms with Crippen LogP contribution in [0.15, 0.2) is 24.3 Å². The van der Waals surface area contributed by atoms with Crippen LogP contribution in [0.2, 0.25) is 16.6 Å². The van der Waals surface area contributed by atoms with Gasteiger partial charge in [0.1, 0.15) is 0 Å². The van der Waals surface area contributed by atoms with Crippen LogP contribution in [0, 0.1) is 12.3 Å². The summed E-state index contributed by atoms with van der Waals surface area (Å²) in [6, 6.07) is 8.58. The SMILES string of the molecule is C#Cc1ccccc1[Si](C(C)C)(C(C)C)C(C)C. The summed E-state index contributed by atoms with van der Waals surface area (Å²) in [6.07, 6.45) is 5.72. The fraction of sp³-hybridized carbons (Fsp3) is 0.529. The largest absolute Gasteiger partial charge is 0.115 e. The van der Waals surface area contributed by atoms with Crippen LogP contribution < -0.4 is 5.19 Å². The molecule has 0 nitrogen and oxygen atoms in total. The van der Waals surface area contributed by atoms with Crippen molar-refractivity contribution in [1.82, 2.24) is 0 Å². The van der Waals surface area contributed by atoms with Crippen LogP contribution in [-0.4, -0.2) is 8.07 Å². The Kier molecular flexibility index (Phi) is 4.82. The number of hydrogen-bond donors (Lipinski definition) is 0. The molecule has 0 aliphatic heterocycles. The van der Waals surface area contributed by atoms with Crippen LogP contribution in [0.1, 0.15) is 47.1 Å². The third-order valence-corrected chi connectivity index (χ3v) is 11.5. The number of terminal acetylenes is 1. The van der Waals surface area contributed by atoms with E-state index in [0.29, 0.717) is 16.6 Å². The standard InChI is InChI=1S/C17H26Si/c1-8-16-11-9-10-12-17(16)18(13(2)3,14(4)5)15(6)7/h1,9-15H,2-7H3. The fourth-order valence-electron chi connectivity index (χ4n) is 3.92. The molecule has 0 heterocycles. The highest BCUT2D eigenvalue weighted by atomic mass is 28.3. The lowest BCUT2D eigenvalue weighted by Gasteiger charge is -2.44. The molecule has 0 aliphatic rings. The second-order valence-corrected chi connectivity index (χ2v) is 12.0. The summed E-state index contributed by atoms with van der Waals surface area (Å²) in [4.78, 5) is 0. The third kappa shape index (κ3) is 2.27. The summed E-state index contributed by atoms with van der Waals surface area (Å²) in [6.45, 7) is 14.2. The molecule has 1 heteroatoms. The van der Waals surface area contributed by atoms with Crippen molar-refractivity contribution in [3.63, 3.8) is 0 Å². The van der Waals surface area contributed by atoms with Crippen LogP contribution in [0.4, 0.5) is 0 Å². The molecule has 0 amide bonds. The average molecular weight is 258 g/mol. The molecule has 18 heavy (non-hydrogen) atoms. The van der Waals surface area contributed by atoms with Gasteiger partial charge in [0.25, 0.3) is 0 Å². The molecule has 1 rings (SSSR count). The van der Waals surface area contributed by atoms with Gasteiger partial charge >= 0.3 is 0 Å². The minimum Gasteiger partial charge on any atom is -0.115 e. The van der Waals surface area contributed by atoms with E-state index in [9.17, 15) is 0 Å². The molecule has 0 bridgehead atoms. The highest BCUT2D eigenvalue weighted by molar-refractivity contribution is 6.95. The van der Waals surface area contributed by atoms with Gasteiger partial charge in [0, 0.05) is 5.56 Å². The van der Waals surface area contributed by atoms with Crippen LogP contribution >= 0.6 is 0 Å². The zero-order valence-electron chi connectivity index (χ0n) is 12.6. The first-order valence-corrected chi connectivity index (χ1v) is 9.18. The summed E-state index contributed by atoms with van der Waals surface area (Å²) >= 11 is 0. The number of hydrogen-bond acceptors (Lipinski definition) is 0. The van der Waals surface area contributed by atoms with Crippen molar-refractivity contribution in [2.24, 2.45) is 0 Å². The molecule has 0 fully saturated rings. The Hall–Kier alpha value is -1.00. The van der Waals surface area contributed by atoms with Crippen molar-refractivity contribution in [1.29, 1.82) is 0 Å². The van der Waals surface area contributed by atoms with E-state index in [-0.39, 0.29) is 0 Å². The van der Waals surface area contributed by atoms with Gasteiger partial charge in [-0.15, -0.1) is 6.42 Å². The smallest absolute Gasteiger partial charge is 0.0958 e. The molecule has 1 aromatic carbocycles. The second kappa shape index (κ2) is 5.76. The van der Waals surface area contributed by atoms with E-state index < -0.39 is 8.07 Å². The highest BCUT2D eigenvalue weighted by Gasteiger charge is 2.45. The predicted octanol–water partition coefficient (Wildman–Crippen LogP) is 4.55. The fourth-order valence-corrected chi connectivity index (χ4v) is 10.8. The zero-order valence-corrected chi connectivity index (χ0v) is 13.6. The van der Waals surface area contributed by atoms with Crippen LogP contribution in [0.3, 0.4) is 0 Å². The quantitative estimate of drug-likeness (QED) is 0.549. The normalized spacial score (nSPS) is 12.2. The van der Waals surface area contributed by atoms with E-state index >= 15 is 0 Å². The summed E-state index contributed by atoms with van der Waals surface area (Å²) < 4.78 is 0. The van der Waals surface area contributed by atoms with Crippen molar-refractivity contribution in [2.45, 2.75) is 58.2 Å². The molecule has 0 spiro atoms. The lowest BCUT2D eigenvalue weighted by molar-refractivity contribution is 0.834. The maximum atomic E-state index is 5.72. The van der Waals surface area contributed by atoms with Gasteiger partial charge in [0.05, 0.1) is 8.07 Å². The van der Waals surface area contributed by atoms with Gasteiger partial charge in [-0.25, -0.2) is 0 Å². The van der Waals surface area contributed by atoms with E-state index in [1.165, 1.54) is 5.19 Å². The predicted molar refractivity (Wildman–Crippen MR) is 85.1 cm³/mol. The van der Waals surface area contributed by atoms with E-state index in [2.05, 4.69) is 71.7 Å². The van der Waals surface area contributed by atoms with E-state index in [4.69, 9.17) is 6.42 Å². The first-order chi connectivity index (χ1) is 8.38. The van der Waals surface area contributed by atoms with Gasteiger partial charge in [-0.1, -0.05) is 65.7 Å². The summed E-state index contributed by atoms with van der Waals surface area (Å²) in [5.74, 6) is 2.90. The van der Waals surface area contributed by atoms with Gasteiger partial charge in [0.2, 0.25) is 0 Å². The molecular weight excluding hydrogens is 232 g/mol. The van der Waals surface area contributed by atoms with Crippen molar-refractivity contribution >= 4 is 13.3 Å². The molecule has 0 saturated heterocycles. The van der Waals surface area contributed by atoms with Gasteiger partial charge < -0.3 is 0 Å². The van der Waals surface area contributed by atoms with Gasteiger partial charge in [-0.05, 0) is 27.9 Å². The highest BCUT2D eigenvalue weighted by Crippen LogP contribution is 2.41. The maximum Gasteiger partial charge on any atom is 0.0958 e. The molecule has 0 unspecified atom stereocenters. The van der Waals surface area contributed by atoms with Crippen molar-refractivity contribution in [3.8, 4) is 12.3 Å². The minimum atomic E-state index is -1.61. The van der Waals surface area contributed by atoms with Crippen LogP contribution in [0.5, 0.6) is 0 Å². The molecule has 1 aromatic rings. The lowest BCUT2D eigenvalue weighted by Crippen LogP contribution is -2.56. The average Bonchev–Trinajstić information content (AvgIpc) is 2.29. The minimum absolute atomic E-state index is 0.701. The number of rotatable bonds is 4. The third-order valence-electron chi connectivity index (χ3n) is 4.42. The number of benzene rings is 1. The Bertz CT molecular complexity index is 413. The maximum absolute atomic E-state index is 5.72. The lowest BCUT2D eigenvalue weighted by atomic mass is 10.2. The van der Waals surface area contributed by atoms with E-state index in [1.807, 2.05) is 0 Å².